The zero-order valence-electron chi connectivity index (χ0n) is 11.9. The zero-order chi connectivity index (χ0) is 15.4. The number of hydrogen-bond acceptors (Lipinski definition) is 5. The molecule has 0 fully saturated rings. The van der Waals surface area contributed by atoms with Crippen molar-refractivity contribution in [2.75, 3.05) is 24.6 Å². The summed E-state index contributed by atoms with van der Waals surface area (Å²) >= 11 is 7.12. The summed E-state index contributed by atoms with van der Waals surface area (Å²) in [7, 11) is 1.74. The average molecular weight is 325 g/mol. The van der Waals surface area contributed by atoms with E-state index in [0.29, 0.717) is 21.6 Å². The van der Waals surface area contributed by atoms with Gasteiger partial charge in [-0.3, -0.25) is 4.79 Å². The predicted octanol–water partition coefficient (Wildman–Crippen LogP) is 3.08. The van der Waals surface area contributed by atoms with Gasteiger partial charge in [0.25, 0.3) is 5.91 Å². The van der Waals surface area contributed by atoms with Gasteiger partial charge in [0.2, 0.25) is 0 Å². The first kappa shape index (κ1) is 15.6. The van der Waals surface area contributed by atoms with E-state index in [0.717, 1.165) is 12.1 Å². The van der Waals surface area contributed by atoms with Gasteiger partial charge in [-0.15, -0.1) is 0 Å². The molecule has 0 aliphatic rings. The van der Waals surface area contributed by atoms with Crippen LogP contribution in [0.3, 0.4) is 0 Å². The number of carbonyl (C=O) groups excluding carboxylic acids is 1. The molecule has 21 heavy (non-hydrogen) atoms. The van der Waals surface area contributed by atoms with Gasteiger partial charge >= 0.3 is 0 Å². The summed E-state index contributed by atoms with van der Waals surface area (Å²) in [6, 6.07) is 7.40. The van der Waals surface area contributed by atoms with Crippen LogP contribution in [0, 0.1) is 0 Å². The number of nitrogens with zero attached hydrogens (tertiary/aromatic N) is 2. The van der Waals surface area contributed by atoms with Crippen LogP contribution in [0.2, 0.25) is 5.02 Å². The third-order valence-corrected chi connectivity index (χ3v) is 4.12. The molecule has 1 aromatic heterocycles. The second-order valence-electron chi connectivity index (χ2n) is 4.55. The van der Waals surface area contributed by atoms with Crippen molar-refractivity contribution in [1.29, 1.82) is 0 Å². The van der Waals surface area contributed by atoms with Crippen LogP contribution in [0.1, 0.15) is 22.2 Å². The zero-order valence-corrected chi connectivity index (χ0v) is 13.5. The number of anilines is 2. The molecule has 112 valence electrons. The highest BCUT2D eigenvalue weighted by molar-refractivity contribution is 7.18. The smallest absolute Gasteiger partial charge is 0.267 e. The van der Waals surface area contributed by atoms with Gasteiger partial charge in [-0.25, -0.2) is 4.98 Å². The number of amides is 1. The molecule has 2 aromatic rings. The van der Waals surface area contributed by atoms with Gasteiger partial charge in [0.1, 0.15) is 10.7 Å². The maximum absolute atomic E-state index is 12.4. The first-order valence-electron chi connectivity index (χ1n) is 6.51. The fraction of sp³-hybridized carbons (Fsp3) is 0.286. The molecule has 7 heteroatoms. The summed E-state index contributed by atoms with van der Waals surface area (Å²) in [4.78, 5) is 18.6. The first-order chi connectivity index (χ1) is 10.0. The molecule has 2 rings (SSSR count). The first-order valence-corrected chi connectivity index (χ1v) is 7.70. The molecular formula is C14H17ClN4OS. The number of thiazole rings is 1. The normalized spacial score (nSPS) is 10.4. The number of nitrogens with two attached hydrogens (primary N) is 1. The van der Waals surface area contributed by atoms with E-state index in [9.17, 15) is 4.79 Å². The van der Waals surface area contributed by atoms with Crippen LogP contribution < -0.4 is 11.1 Å². The molecule has 0 atom stereocenters. The van der Waals surface area contributed by atoms with Crippen LogP contribution in [0.15, 0.2) is 24.3 Å². The molecule has 0 bridgehead atoms. The minimum Gasteiger partial charge on any atom is -0.382 e. The molecule has 0 saturated carbocycles. The molecular weight excluding hydrogens is 308 g/mol. The largest absolute Gasteiger partial charge is 0.382 e. The maximum atomic E-state index is 12.4. The van der Waals surface area contributed by atoms with E-state index in [1.807, 2.05) is 19.1 Å². The number of benzene rings is 1. The molecule has 0 unspecified atom stereocenters. The molecule has 0 spiro atoms. The maximum Gasteiger partial charge on any atom is 0.267 e. The lowest BCUT2D eigenvalue weighted by Crippen LogP contribution is -2.26. The third-order valence-electron chi connectivity index (χ3n) is 2.86. The molecule has 0 saturated heterocycles. The molecule has 1 heterocycles. The molecule has 5 nitrogen and oxygen atoms in total. The molecule has 1 aromatic carbocycles. The van der Waals surface area contributed by atoms with E-state index >= 15 is 0 Å². The van der Waals surface area contributed by atoms with Crippen molar-refractivity contribution in [2.24, 2.45) is 0 Å². The van der Waals surface area contributed by atoms with Crippen LogP contribution in [-0.2, 0) is 6.54 Å². The summed E-state index contributed by atoms with van der Waals surface area (Å²) < 4.78 is 0. The Bertz CT molecular complexity index is 626. The molecule has 1 amide bonds. The minimum absolute atomic E-state index is 0.135. The van der Waals surface area contributed by atoms with Crippen molar-refractivity contribution in [3.63, 3.8) is 0 Å². The van der Waals surface area contributed by atoms with E-state index in [1.165, 1.54) is 11.3 Å². The van der Waals surface area contributed by atoms with Crippen molar-refractivity contribution in [2.45, 2.75) is 13.5 Å². The molecule has 0 aliphatic carbocycles. The van der Waals surface area contributed by atoms with E-state index in [2.05, 4.69) is 10.3 Å². The van der Waals surface area contributed by atoms with Crippen LogP contribution in [0.5, 0.6) is 0 Å². The topological polar surface area (TPSA) is 71.2 Å². The van der Waals surface area contributed by atoms with E-state index < -0.39 is 0 Å². The van der Waals surface area contributed by atoms with E-state index in [-0.39, 0.29) is 11.7 Å². The van der Waals surface area contributed by atoms with Crippen molar-refractivity contribution in [3.05, 3.63) is 39.7 Å². The number of halogens is 1. The van der Waals surface area contributed by atoms with Gasteiger partial charge < -0.3 is 16.0 Å². The Morgan fingerprint density at radius 1 is 1.43 bits per heavy atom. The Morgan fingerprint density at radius 2 is 2.10 bits per heavy atom. The highest BCUT2D eigenvalue weighted by atomic mass is 35.5. The number of nitrogens with one attached hydrogen (secondary N) is 1. The SMILES string of the molecule is CCNc1nc(N)c(C(=O)N(C)Cc2ccc(Cl)cc2)s1. The lowest BCUT2D eigenvalue weighted by Gasteiger charge is -2.16. The molecule has 0 aliphatic heterocycles. The van der Waals surface area contributed by atoms with Gasteiger partial charge in [-0.1, -0.05) is 35.1 Å². The minimum atomic E-state index is -0.135. The summed E-state index contributed by atoms with van der Waals surface area (Å²) in [5, 5.41) is 4.40. The number of rotatable bonds is 5. The van der Waals surface area contributed by atoms with Crippen molar-refractivity contribution < 1.29 is 4.79 Å². The second-order valence-corrected chi connectivity index (χ2v) is 5.99. The van der Waals surface area contributed by atoms with Gasteiger partial charge in [0.05, 0.1) is 0 Å². The number of nitrogen functional groups attached to an aromatic ring is 1. The van der Waals surface area contributed by atoms with Crippen LogP contribution in [-0.4, -0.2) is 29.4 Å². The highest BCUT2D eigenvalue weighted by Gasteiger charge is 2.19. The summed E-state index contributed by atoms with van der Waals surface area (Å²) in [5.41, 5.74) is 6.82. The molecule has 3 N–H and O–H groups in total. The van der Waals surface area contributed by atoms with Crippen LogP contribution in [0.4, 0.5) is 10.9 Å². The van der Waals surface area contributed by atoms with Crippen LogP contribution in [0.25, 0.3) is 0 Å². The number of carbonyl (C=O) groups is 1. The lowest BCUT2D eigenvalue weighted by atomic mass is 10.2. The van der Waals surface area contributed by atoms with Gasteiger partial charge in [-0.05, 0) is 24.6 Å². The third kappa shape index (κ3) is 3.86. The van der Waals surface area contributed by atoms with E-state index in [1.54, 1.807) is 24.1 Å². The molecule has 0 radical (unpaired) electrons. The monoisotopic (exact) mass is 324 g/mol. The summed E-state index contributed by atoms with van der Waals surface area (Å²) in [6.45, 7) is 3.19. The van der Waals surface area contributed by atoms with Gasteiger partial charge in [0, 0.05) is 25.2 Å². The Balaban J connectivity index is 2.09. The fourth-order valence-electron chi connectivity index (χ4n) is 1.82. The Hall–Kier alpha value is -1.79. The fourth-order valence-corrected chi connectivity index (χ4v) is 2.89. The Kier molecular flexibility index (Phi) is 5.03. The van der Waals surface area contributed by atoms with Crippen molar-refractivity contribution in [1.82, 2.24) is 9.88 Å². The average Bonchev–Trinajstić information content (AvgIpc) is 2.81. The Labute approximate surface area is 132 Å². The standard InChI is InChI=1S/C14H17ClN4OS/c1-3-17-14-18-12(16)11(21-14)13(20)19(2)8-9-4-6-10(15)7-5-9/h4-7H,3,8,16H2,1-2H3,(H,17,18). The quantitative estimate of drug-likeness (QED) is 0.886. The summed E-state index contributed by atoms with van der Waals surface area (Å²) in [6.07, 6.45) is 0. The number of aromatic nitrogens is 1. The predicted molar refractivity (Wildman–Crippen MR) is 87.9 cm³/mol. The summed E-state index contributed by atoms with van der Waals surface area (Å²) in [5.74, 6) is 0.132. The highest BCUT2D eigenvalue weighted by Crippen LogP contribution is 2.26. The van der Waals surface area contributed by atoms with Gasteiger partial charge in [-0.2, -0.15) is 0 Å². The van der Waals surface area contributed by atoms with Crippen molar-refractivity contribution in [3.8, 4) is 0 Å². The van der Waals surface area contributed by atoms with Gasteiger partial charge in [0.15, 0.2) is 5.13 Å². The Morgan fingerprint density at radius 3 is 2.71 bits per heavy atom. The lowest BCUT2D eigenvalue weighted by molar-refractivity contribution is 0.0790. The second kappa shape index (κ2) is 6.78. The van der Waals surface area contributed by atoms with Crippen molar-refractivity contribution >= 4 is 39.8 Å². The van der Waals surface area contributed by atoms with E-state index in [4.69, 9.17) is 17.3 Å². The van der Waals surface area contributed by atoms with Crippen LogP contribution >= 0.6 is 22.9 Å². The number of hydrogen-bond donors (Lipinski definition) is 2.